The SMILES string of the molecule is CCCC(=O)ONC(=O)Nc1ccc(N2CCC(NC[C@H](O)c3ccc(O)c(NS(C)(=O)=O)c3)CC2)cc1. The van der Waals surface area contributed by atoms with Gasteiger partial charge in [-0.05, 0) is 61.2 Å². The number of carbonyl (C=O) groups excluding carboxylic acids is 2. The highest BCUT2D eigenvalue weighted by molar-refractivity contribution is 7.92. The molecule has 0 radical (unpaired) electrons. The van der Waals surface area contributed by atoms with Crippen LogP contribution in [0.5, 0.6) is 5.75 Å². The van der Waals surface area contributed by atoms with Crippen LogP contribution in [0.1, 0.15) is 44.3 Å². The van der Waals surface area contributed by atoms with E-state index in [9.17, 15) is 28.2 Å². The van der Waals surface area contributed by atoms with Gasteiger partial charge >= 0.3 is 12.0 Å². The minimum absolute atomic E-state index is 0.0228. The van der Waals surface area contributed by atoms with Crippen molar-refractivity contribution in [2.24, 2.45) is 0 Å². The van der Waals surface area contributed by atoms with Gasteiger partial charge in [0.15, 0.2) is 0 Å². The van der Waals surface area contributed by atoms with Crippen molar-refractivity contribution >= 4 is 39.1 Å². The zero-order valence-corrected chi connectivity index (χ0v) is 22.3. The summed E-state index contributed by atoms with van der Waals surface area (Å²) in [5.41, 5.74) is 4.15. The fourth-order valence-electron chi connectivity index (χ4n) is 4.05. The zero-order chi connectivity index (χ0) is 27.7. The van der Waals surface area contributed by atoms with Crippen LogP contribution >= 0.6 is 0 Å². The molecule has 38 heavy (non-hydrogen) atoms. The van der Waals surface area contributed by atoms with Gasteiger partial charge in [-0.25, -0.2) is 18.0 Å². The highest BCUT2D eigenvalue weighted by atomic mass is 32.2. The number of hydrogen-bond acceptors (Lipinski definition) is 9. The lowest BCUT2D eigenvalue weighted by Gasteiger charge is -2.34. The molecule has 1 atom stereocenters. The molecule has 2 aromatic rings. The summed E-state index contributed by atoms with van der Waals surface area (Å²) in [7, 11) is -3.56. The van der Waals surface area contributed by atoms with E-state index in [4.69, 9.17) is 0 Å². The molecule has 208 valence electrons. The quantitative estimate of drug-likeness (QED) is 0.192. The molecule has 3 rings (SSSR count). The highest BCUT2D eigenvalue weighted by Crippen LogP contribution is 2.28. The average Bonchev–Trinajstić information content (AvgIpc) is 2.87. The number of benzene rings is 2. The molecule has 0 aliphatic carbocycles. The van der Waals surface area contributed by atoms with Crippen LogP contribution in [0, 0.1) is 0 Å². The lowest BCUT2D eigenvalue weighted by molar-refractivity contribution is -0.148. The fraction of sp³-hybridized carbons (Fsp3) is 0.440. The van der Waals surface area contributed by atoms with Crippen molar-refractivity contribution < 1.29 is 33.1 Å². The van der Waals surface area contributed by atoms with Crippen molar-refractivity contribution in [2.75, 3.05) is 40.8 Å². The molecule has 1 heterocycles. The molecule has 1 aliphatic heterocycles. The van der Waals surface area contributed by atoms with Crippen LogP contribution in [0.15, 0.2) is 42.5 Å². The lowest BCUT2D eigenvalue weighted by Crippen LogP contribution is -2.43. The Bertz CT molecular complexity index is 1200. The molecular formula is C25H35N5O7S. The van der Waals surface area contributed by atoms with Gasteiger partial charge in [-0.15, -0.1) is 0 Å². The van der Waals surface area contributed by atoms with E-state index < -0.39 is 28.1 Å². The number of amides is 2. The van der Waals surface area contributed by atoms with E-state index in [1.54, 1.807) is 18.2 Å². The largest absolute Gasteiger partial charge is 0.506 e. The number of hydroxylamine groups is 1. The number of nitrogens with zero attached hydrogens (tertiary/aromatic N) is 1. The molecule has 1 saturated heterocycles. The Hall–Kier alpha value is -3.55. The normalized spacial score (nSPS) is 15.0. The number of aliphatic hydroxyl groups excluding tert-OH is 1. The molecule has 0 bridgehead atoms. The number of hydrogen-bond donors (Lipinski definition) is 6. The summed E-state index contributed by atoms with van der Waals surface area (Å²) in [6.07, 6.45) is 2.69. The lowest BCUT2D eigenvalue weighted by atomic mass is 10.0. The van der Waals surface area contributed by atoms with Gasteiger partial charge < -0.3 is 30.6 Å². The van der Waals surface area contributed by atoms with Gasteiger partial charge in [-0.3, -0.25) is 4.72 Å². The number of nitrogens with one attached hydrogen (secondary N) is 4. The van der Waals surface area contributed by atoms with Crippen molar-refractivity contribution in [3.8, 4) is 5.75 Å². The molecule has 1 fully saturated rings. The van der Waals surface area contributed by atoms with Gasteiger partial charge in [0.2, 0.25) is 10.0 Å². The van der Waals surface area contributed by atoms with Gasteiger partial charge in [-0.2, -0.15) is 5.48 Å². The molecule has 0 saturated carbocycles. The second-order valence-corrected chi connectivity index (χ2v) is 10.9. The zero-order valence-electron chi connectivity index (χ0n) is 21.4. The van der Waals surface area contributed by atoms with E-state index in [0.717, 1.165) is 37.9 Å². The number of rotatable bonds is 10. The van der Waals surface area contributed by atoms with Gasteiger partial charge in [0.1, 0.15) is 5.75 Å². The number of aromatic hydroxyl groups is 1. The molecular weight excluding hydrogens is 514 g/mol. The van der Waals surface area contributed by atoms with E-state index in [0.29, 0.717) is 17.7 Å². The number of anilines is 3. The maximum atomic E-state index is 11.9. The molecule has 6 N–H and O–H groups in total. The maximum Gasteiger partial charge on any atom is 0.352 e. The van der Waals surface area contributed by atoms with Gasteiger partial charge in [0, 0.05) is 43.5 Å². The van der Waals surface area contributed by atoms with Crippen LogP contribution in [-0.2, 0) is 19.7 Å². The number of urea groups is 1. The topological polar surface area (TPSA) is 169 Å². The van der Waals surface area contributed by atoms with E-state index in [1.807, 2.05) is 19.1 Å². The monoisotopic (exact) mass is 549 g/mol. The minimum Gasteiger partial charge on any atom is -0.506 e. The van der Waals surface area contributed by atoms with Crippen molar-refractivity contribution in [2.45, 2.75) is 44.8 Å². The summed E-state index contributed by atoms with van der Waals surface area (Å²) in [5.74, 6) is -0.714. The molecule has 1 aliphatic rings. The highest BCUT2D eigenvalue weighted by Gasteiger charge is 2.21. The van der Waals surface area contributed by atoms with Crippen LogP contribution in [0.4, 0.5) is 21.9 Å². The summed E-state index contributed by atoms with van der Waals surface area (Å²) < 4.78 is 25.2. The Morgan fingerprint density at radius 3 is 2.45 bits per heavy atom. The predicted octanol–water partition coefficient (Wildman–Crippen LogP) is 2.44. The first-order valence-electron chi connectivity index (χ1n) is 12.4. The van der Waals surface area contributed by atoms with E-state index in [-0.39, 0.29) is 30.4 Å². The Morgan fingerprint density at radius 2 is 1.82 bits per heavy atom. The van der Waals surface area contributed by atoms with Crippen molar-refractivity contribution in [1.82, 2.24) is 10.8 Å². The number of piperidine rings is 1. The number of sulfonamides is 1. The second-order valence-electron chi connectivity index (χ2n) is 9.16. The van der Waals surface area contributed by atoms with Crippen molar-refractivity contribution in [1.29, 1.82) is 0 Å². The summed E-state index contributed by atoms with van der Waals surface area (Å²) in [4.78, 5) is 30.1. The van der Waals surface area contributed by atoms with Crippen LogP contribution in [0.3, 0.4) is 0 Å². The van der Waals surface area contributed by atoms with Crippen molar-refractivity contribution in [3.05, 3.63) is 48.0 Å². The molecule has 12 nitrogen and oxygen atoms in total. The van der Waals surface area contributed by atoms with Crippen LogP contribution < -0.4 is 25.7 Å². The molecule has 13 heteroatoms. The summed E-state index contributed by atoms with van der Waals surface area (Å²) >= 11 is 0. The molecule has 2 aromatic carbocycles. The van der Waals surface area contributed by atoms with Gasteiger partial charge in [0.05, 0.1) is 18.0 Å². The third-order valence-electron chi connectivity index (χ3n) is 6.00. The summed E-state index contributed by atoms with van der Waals surface area (Å²) in [6.45, 7) is 3.72. The first kappa shape index (κ1) is 29.0. The summed E-state index contributed by atoms with van der Waals surface area (Å²) in [5, 5.41) is 26.4. The number of carbonyl (C=O) groups is 2. The van der Waals surface area contributed by atoms with E-state index in [1.165, 1.54) is 12.1 Å². The first-order chi connectivity index (χ1) is 18.0. The van der Waals surface area contributed by atoms with E-state index in [2.05, 4.69) is 30.6 Å². The van der Waals surface area contributed by atoms with Crippen molar-refractivity contribution in [3.63, 3.8) is 0 Å². The average molecular weight is 550 g/mol. The first-order valence-corrected chi connectivity index (χ1v) is 14.3. The Balaban J connectivity index is 1.43. The smallest absolute Gasteiger partial charge is 0.352 e. The Kier molecular flexibility index (Phi) is 10.2. The standard InChI is InChI=1S/C25H35N5O7S/c1-3-4-24(33)37-28-25(34)27-19-6-8-20(9-7-19)30-13-11-18(12-14-30)26-16-23(32)17-5-10-22(31)21(15-17)29-38(2,35)36/h5-10,15,18,23,26,29,31-32H,3-4,11-14,16H2,1-2H3,(H2,27,28,34)/t23-/m0/s1. The van der Waals surface area contributed by atoms with Gasteiger partial charge in [-0.1, -0.05) is 13.0 Å². The van der Waals surface area contributed by atoms with Crippen LogP contribution in [-0.4, -0.2) is 62.6 Å². The maximum absolute atomic E-state index is 11.9. The predicted molar refractivity (Wildman–Crippen MR) is 144 cm³/mol. The Morgan fingerprint density at radius 1 is 1.13 bits per heavy atom. The third kappa shape index (κ3) is 9.08. The fourth-order valence-corrected chi connectivity index (χ4v) is 4.61. The Labute approximate surface area is 222 Å². The van der Waals surface area contributed by atoms with Crippen LogP contribution in [0.25, 0.3) is 0 Å². The number of phenols is 1. The third-order valence-corrected chi connectivity index (χ3v) is 6.59. The number of phenolic OH excluding ortho intramolecular Hbond substituents is 1. The number of aliphatic hydroxyl groups is 1. The minimum atomic E-state index is -3.56. The summed E-state index contributed by atoms with van der Waals surface area (Å²) in [6, 6.07) is 11.2. The van der Waals surface area contributed by atoms with E-state index >= 15 is 0 Å². The molecule has 0 aromatic heterocycles. The second kappa shape index (κ2) is 13.3. The van der Waals surface area contributed by atoms with Gasteiger partial charge in [0.25, 0.3) is 0 Å². The molecule has 2 amide bonds. The van der Waals surface area contributed by atoms with Crippen LogP contribution in [0.2, 0.25) is 0 Å². The molecule has 0 spiro atoms. The molecule has 0 unspecified atom stereocenters.